The maximum absolute atomic E-state index is 10.7. The van der Waals surface area contributed by atoms with E-state index in [9.17, 15) is 10.1 Å². The van der Waals surface area contributed by atoms with Gasteiger partial charge in [-0.05, 0) is 42.0 Å². The molecular formula is C13H20BrN3O2. The molecule has 0 amide bonds. The average molecular weight is 330 g/mol. The third kappa shape index (κ3) is 4.80. The number of hydrogen-bond acceptors (Lipinski definition) is 4. The van der Waals surface area contributed by atoms with E-state index in [1.165, 1.54) is 12.1 Å². The van der Waals surface area contributed by atoms with Crippen LogP contribution in [0, 0.1) is 16.0 Å². The summed E-state index contributed by atoms with van der Waals surface area (Å²) in [5, 5.41) is 14.1. The predicted molar refractivity (Wildman–Crippen MR) is 81.6 cm³/mol. The molecule has 0 aliphatic carbocycles. The fourth-order valence-electron chi connectivity index (χ4n) is 1.75. The molecule has 0 spiro atoms. The van der Waals surface area contributed by atoms with Crippen molar-refractivity contribution in [2.75, 3.05) is 26.0 Å². The van der Waals surface area contributed by atoms with Crippen LogP contribution in [-0.4, -0.2) is 36.5 Å². The summed E-state index contributed by atoms with van der Waals surface area (Å²) in [5.74, 6) is 0.462. The second-order valence-corrected chi connectivity index (χ2v) is 6.03. The van der Waals surface area contributed by atoms with Crippen LogP contribution in [0.2, 0.25) is 0 Å². The molecule has 0 heterocycles. The van der Waals surface area contributed by atoms with Gasteiger partial charge in [-0.2, -0.15) is 0 Å². The highest BCUT2D eigenvalue weighted by atomic mass is 79.9. The molecule has 0 saturated carbocycles. The molecule has 1 unspecified atom stereocenters. The minimum Gasteiger partial charge on any atom is -0.380 e. The number of nitro benzene ring substituents is 1. The standard InChI is InChI=1S/C13H20BrN3O2/c1-9(2)13(8-16(3)4)15-12-6-5-10(17(18)19)7-11(12)14/h5-7,9,13,15H,8H2,1-4H3. The topological polar surface area (TPSA) is 58.4 Å². The highest BCUT2D eigenvalue weighted by Crippen LogP contribution is 2.28. The number of nitrogens with one attached hydrogen (secondary N) is 1. The number of hydrogen-bond donors (Lipinski definition) is 1. The van der Waals surface area contributed by atoms with Gasteiger partial charge in [0, 0.05) is 34.9 Å². The van der Waals surface area contributed by atoms with Crippen molar-refractivity contribution >= 4 is 27.3 Å². The Morgan fingerprint density at radius 2 is 2.05 bits per heavy atom. The first-order valence-electron chi connectivity index (χ1n) is 6.16. The van der Waals surface area contributed by atoms with Gasteiger partial charge in [-0.1, -0.05) is 13.8 Å². The molecule has 1 rings (SSSR count). The SMILES string of the molecule is CC(C)C(CN(C)C)Nc1ccc([N+](=O)[O-])cc1Br. The van der Waals surface area contributed by atoms with Gasteiger partial charge in [-0.15, -0.1) is 0 Å². The zero-order valence-corrected chi connectivity index (χ0v) is 13.3. The molecule has 1 N–H and O–H groups in total. The van der Waals surface area contributed by atoms with Gasteiger partial charge < -0.3 is 10.2 Å². The Hall–Kier alpha value is -1.14. The molecule has 6 heteroatoms. The minimum atomic E-state index is -0.395. The summed E-state index contributed by atoms with van der Waals surface area (Å²) in [5.41, 5.74) is 0.970. The number of likely N-dealkylation sites (N-methyl/N-ethyl adjacent to an activating group) is 1. The summed E-state index contributed by atoms with van der Waals surface area (Å²) in [4.78, 5) is 12.4. The summed E-state index contributed by atoms with van der Waals surface area (Å²) < 4.78 is 0.714. The lowest BCUT2D eigenvalue weighted by molar-refractivity contribution is -0.384. The first-order chi connectivity index (χ1) is 8.81. The normalized spacial score (nSPS) is 12.8. The Bertz CT molecular complexity index is 450. The van der Waals surface area contributed by atoms with E-state index in [0.717, 1.165) is 12.2 Å². The first-order valence-corrected chi connectivity index (χ1v) is 6.95. The van der Waals surface area contributed by atoms with Crippen LogP contribution in [0.15, 0.2) is 22.7 Å². The van der Waals surface area contributed by atoms with Crippen LogP contribution in [0.5, 0.6) is 0 Å². The van der Waals surface area contributed by atoms with Crippen LogP contribution in [0.4, 0.5) is 11.4 Å². The second-order valence-electron chi connectivity index (χ2n) is 5.18. The number of rotatable bonds is 6. The first kappa shape index (κ1) is 15.9. The van der Waals surface area contributed by atoms with E-state index in [4.69, 9.17) is 0 Å². The van der Waals surface area contributed by atoms with Crippen molar-refractivity contribution in [3.8, 4) is 0 Å². The zero-order chi connectivity index (χ0) is 14.6. The van der Waals surface area contributed by atoms with Gasteiger partial charge in [0.25, 0.3) is 5.69 Å². The van der Waals surface area contributed by atoms with Gasteiger partial charge in [0.1, 0.15) is 0 Å². The van der Waals surface area contributed by atoms with Crippen LogP contribution in [0.1, 0.15) is 13.8 Å². The van der Waals surface area contributed by atoms with E-state index in [-0.39, 0.29) is 11.7 Å². The molecular weight excluding hydrogens is 310 g/mol. The van der Waals surface area contributed by atoms with Gasteiger partial charge in [-0.25, -0.2) is 0 Å². The Kier molecular flexibility index (Phi) is 5.75. The lowest BCUT2D eigenvalue weighted by atomic mass is 10.0. The molecule has 106 valence electrons. The Labute approximate surface area is 122 Å². The lowest BCUT2D eigenvalue weighted by Gasteiger charge is -2.27. The van der Waals surface area contributed by atoms with Crippen LogP contribution < -0.4 is 5.32 Å². The number of nitrogens with zero attached hydrogens (tertiary/aromatic N) is 2. The van der Waals surface area contributed by atoms with Gasteiger partial charge in [0.15, 0.2) is 0 Å². The fourth-order valence-corrected chi connectivity index (χ4v) is 2.23. The number of anilines is 1. The van der Waals surface area contributed by atoms with Crippen molar-refractivity contribution < 1.29 is 4.92 Å². The largest absolute Gasteiger partial charge is 0.380 e. The van der Waals surface area contributed by atoms with Crippen molar-refractivity contribution in [2.45, 2.75) is 19.9 Å². The van der Waals surface area contributed by atoms with E-state index >= 15 is 0 Å². The maximum Gasteiger partial charge on any atom is 0.270 e. The summed E-state index contributed by atoms with van der Waals surface area (Å²) in [6.45, 7) is 5.21. The summed E-state index contributed by atoms with van der Waals surface area (Å²) in [6, 6.07) is 5.07. The Morgan fingerprint density at radius 3 is 2.47 bits per heavy atom. The monoisotopic (exact) mass is 329 g/mol. The molecule has 0 bridgehead atoms. The van der Waals surface area contributed by atoms with E-state index < -0.39 is 4.92 Å². The van der Waals surface area contributed by atoms with Crippen molar-refractivity contribution in [1.82, 2.24) is 4.90 Å². The fraction of sp³-hybridized carbons (Fsp3) is 0.538. The molecule has 0 aliphatic rings. The van der Waals surface area contributed by atoms with Crippen molar-refractivity contribution in [1.29, 1.82) is 0 Å². The number of nitro groups is 1. The molecule has 0 fully saturated rings. The molecule has 19 heavy (non-hydrogen) atoms. The van der Waals surface area contributed by atoms with E-state index in [1.54, 1.807) is 6.07 Å². The molecule has 0 aromatic heterocycles. The van der Waals surface area contributed by atoms with E-state index in [1.807, 2.05) is 14.1 Å². The maximum atomic E-state index is 10.7. The highest BCUT2D eigenvalue weighted by molar-refractivity contribution is 9.10. The molecule has 1 atom stereocenters. The molecule has 0 saturated heterocycles. The number of benzene rings is 1. The summed E-state index contributed by atoms with van der Waals surface area (Å²) in [6.07, 6.45) is 0. The predicted octanol–water partition coefficient (Wildman–Crippen LogP) is 3.36. The lowest BCUT2D eigenvalue weighted by Crippen LogP contribution is -2.36. The van der Waals surface area contributed by atoms with Gasteiger partial charge in [0.05, 0.1) is 4.92 Å². The molecule has 1 aromatic carbocycles. The average Bonchev–Trinajstić information content (AvgIpc) is 2.29. The third-order valence-corrected chi connectivity index (χ3v) is 3.53. The highest BCUT2D eigenvalue weighted by Gasteiger charge is 2.16. The van der Waals surface area contributed by atoms with Gasteiger partial charge in [-0.3, -0.25) is 10.1 Å². The minimum absolute atomic E-state index is 0.0890. The van der Waals surface area contributed by atoms with Crippen molar-refractivity contribution in [3.05, 3.63) is 32.8 Å². The number of halogens is 1. The molecule has 0 radical (unpaired) electrons. The van der Waals surface area contributed by atoms with Crippen LogP contribution in [0.25, 0.3) is 0 Å². The smallest absolute Gasteiger partial charge is 0.270 e. The van der Waals surface area contributed by atoms with Crippen LogP contribution in [-0.2, 0) is 0 Å². The van der Waals surface area contributed by atoms with Gasteiger partial charge >= 0.3 is 0 Å². The zero-order valence-electron chi connectivity index (χ0n) is 11.7. The van der Waals surface area contributed by atoms with Crippen LogP contribution >= 0.6 is 15.9 Å². The van der Waals surface area contributed by atoms with Crippen LogP contribution in [0.3, 0.4) is 0 Å². The quantitative estimate of drug-likeness (QED) is 0.642. The summed E-state index contributed by atoms with van der Waals surface area (Å²) in [7, 11) is 4.06. The van der Waals surface area contributed by atoms with Crippen molar-refractivity contribution in [3.63, 3.8) is 0 Å². The summed E-state index contributed by atoms with van der Waals surface area (Å²) >= 11 is 3.38. The molecule has 5 nitrogen and oxygen atoms in total. The second kappa shape index (κ2) is 6.86. The molecule has 1 aromatic rings. The Balaban J connectivity index is 2.88. The van der Waals surface area contributed by atoms with E-state index in [2.05, 4.69) is 40.0 Å². The molecule has 0 aliphatic heterocycles. The van der Waals surface area contributed by atoms with Gasteiger partial charge in [0.2, 0.25) is 0 Å². The third-order valence-electron chi connectivity index (χ3n) is 2.87. The van der Waals surface area contributed by atoms with Crippen molar-refractivity contribution in [2.24, 2.45) is 5.92 Å². The van der Waals surface area contributed by atoms with E-state index in [0.29, 0.717) is 10.4 Å². The Morgan fingerprint density at radius 1 is 1.42 bits per heavy atom. The number of non-ortho nitro benzene ring substituents is 1.